The molecule has 1 unspecified atom stereocenters. The molecule has 2 N–H and O–H groups in total. The second kappa shape index (κ2) is 6.12. The summed E-state index contributed by atoms with van der Waals surface area (Å²) in [5.41, 5.74) is 0.354. The van der Waals surface area contributed by atoms with Crippen molar-refractivity contribution in [3.63, 3.8) is 0 Å². The van der Waals surface area contributed by atoms with Gasteiger partial charge in [-0.25, -0.2) is 4.98 Å². The van der Waals surface area contributed by atoms with Crippen molar-refractivity contribution in [3.8, 4) is 0 Å². The maximum Gasteiger partial charge on any atom is 0.273 e. The lowest BCUT2D eigenvalue weighted by Crippen LogP contribution is -2.41. The molecule has 1 aromatic heterocycles. The first-order chi connectivity index (χ1) is 9.10. The second-order valence-electron chi connectivity index (χ2n) is 4.66. The standard InChI is InChI=1S/C12H17N3O3S/c1-8(17)13-12-14-10(7-19-12)11(18)15-4-2-3-9(5-15)6-16/h7,9,16H,2-6H2,1H3,(H,13,14,17). The van der Waals surface area contributed by atoms with Gasteiger partial charge in [-0.1, -0.05) is 0 Å². The van der Waals surface area contributed by atoms with Gasteiger partial charge in [0.25, 0.3) is 5.91 Å². The van der Waals surface area contributed by atoms with Crippen LogP contribution < -0.4 is 5.32 Å². The van der Waals surface area contributed by atoms with Crippen LogP contribution in [0.5, 0.6) is 0 Å². The number of hydrogen-bond acceptors (Lipinski definition) is 5. The van der Waals surface area contributed by atoms with Crippen LogP contribution in [0, 0.1) is 5.92 Å². The summed E-state index contributed by atoms with van der Waals surface area (Å²) in [7, 11) is 0. The highest BCUT2D eigenvalue weighted by molar-refractivity contribution is 7.14. The van der Waals surface area contributed by atoms with E-state index in [0.29, 0.717) is 23.9 Å². The smallest absolute Gasteiger partial charge is 0.273 e. The minimum absolute atomic E-state index is 0.109. The van der Waals surface area contributed by atoms with Crippen LogP contribution in [0.3, 0.4) is 0 Å². The number of aromatic nitrogens is 1. The number of carbonyl (C=O) groups is 2. The Morgan fingerprint density at radius 1 is 1.63 bits per heavy atom. The molecule has 104 valence electrons. The molecule has 2 amide bonds. The van der Waals surface area contributed by atoms with E-state index in [1.807, 2.05) is 0 Å². The zero-order chi connectivity index (χ0) is 13.8. The zero-order valence-corrected chi connectivity index (χ0v) is 11.6. The topological polar surface area (TPSA) is 82.5 Å². The average Bonchev–Trinajstić information content (AvgIpc) is 2.85. The van der Waals surface area contributed by atoms with Gasteiger partial charge in [0.2, 0.25) is 5.91 Å². The average molecular weight is 283 g/mol. The van der Waals surface area contributed by atoms with Gasteiger partial charge in [0.05, 0.1) is 0 Å². The molecule has 1 fully saturated rings. The first kappa shape index (κ1) is 14.0. The number of nitrogens with one attached hydrogen (secondary N) is 1. The van der Waals surface area contributed by atoms with E-state index in [9.17, 15) is 9.59 Å². The normalized spacial score (nSPS) is 19.3. The molecule has 0 bridgehead atoms. The van der Waals surface area contributed by atoms with Crippen molar-refractivity contribution >= 4 is 28.3 Å². The van der Waals surface area contributed by atoms with Crippen molar-refractivity contribution in [2.75, 3.05) is 25.0 Å². The van der Waals surface area contributed by atoms with E-state index >= 15 is 0 Å². The minimum atomic E-state index is -0.202. The Morgan fingerprint density at radius 3 is 3.11 bits per heavy atom. The largest absolute Gasteiger partial charge is 0.396 e. The predicted molar refractivity (Wildman–Crippen MR) is 72.1 cm³/mol. The predicted octanol–water partition coefficient (Wildman–Crippen LogP) is 0.946. The molecular weight excluding hydrogens is 266 g/mol. The lowest BCUT2D eigenvalue weighted by molar-refractivity contribution is -0.114. The van der Waals surface area contributed by atoms with Crippen molar-refractivity contribution in [3.05, 3.63) is 11.1 Å². The number of likely N-dealkylation sites (tertiary alicyclic amines) is 1. The SMILES string of the molecule is CC(=O)Nc1nc(C(=O)N2CCCC(CO)C2)cs1. The van der Waals surface area contributed by atoms with Crippen molar-refractivity contribution in [1.29, 1.82) is 0 Å². The van der Waals surface area contributed by atoms with Gasteiger partial charge in [0, 0.05) is 32.0 Å². The van der Waals surface area contributed by atoms with Crippen molar-refractivity contribution < 1.29 is 14.7 Å². The summed E-state index contributed by atoms with van der Waals surface area (Å²) in [5, 5.41) is 13.8. The van der Waals surface area contributed by atoms with Crippen LogP contribution in [0.25, 0.3) is 0 Å². The molecule has 6 nitrogen and oxygen atoms in total. The van der Waals surface area contributed by atoms with E-state index in [-0.39, 0.29) is 24.3 Å². The number of rotatable bonds is 3. The molecule has 0 saturated carbocycles. The van der Waals surface area contributed by atoms with Crippen molar-refractivity contribution in [2.24, 2.45) is 5.92 Å². The molecule has 19 heavy (non-hydrogen) atoms. The highest BCUT2D eigenvalue weighted by Gasteiger charge is 2.25. The molecule has 1 aliphatic rings. The number of amides is 2. The van der Waals surface area contributed by atoms with Gasteiger partial charge in [-0.15, -0.1) is 11.3 Å². The molecule has 0 aliphatic carbocycles. The van der Waals surface area contributed by atoms with Gasteiger partial charge in [-0.3, -0.25) is 9.59 Å². The molecule has 1 saturated heterocycles. The van der Waals surface area contributed by atoms with Gasteiger partial charge >= 0.3 is 0 Å². The van der Waals surface area contributed by atoms with E-state index in [4.69, 9.17) is 5.11 Å². The molecule has 1 aliphatic heterocycles. The summed E-state index contributed by atoms with van der Waals surface area (Å²) >= 11 is 1.24. The lowest BCUT2D eigenvalue weighted by Gasteiger charge is -2.31. The highest BCUT2D eigenvalue weighted by Crippen LogP contribution is 2.21. The molecule has 0 spiro atoms. The Labute approximate surface area is 115 Å². The summed E-state index contributed by atoms with van der Waals surface area (Å²) < 4.78 is 0. The monoisotopic (exact) mass is 283 g/mol. The number of nitrogens with zero attached hydrogens (tertiary/aromatic N) is 2. The fraction of sp³-hybridized carbons (Fsp3) is 0.583. The Balaban J connectivity index is 2.02. The number of aliphatic hydroxyl groups excluding tert-OH is 1. The van der Waals surface area contributed by atoms with Gasteiger partial charge < -0.3 is 15.3 Å². The van der Waals surface area contributed by atoms with Gasteiger partial charge in [0.1, 0.15) is 5.69 Å². The van der Waals surface area contributed by atoms with Gasteiger partial charge in [-0.05, 0) is 18.8 Å². The molecule has 1 aromatic rings. The highest BCUT2D eigenvalue weighted by atomic mass is 32.1. The minimum Gasteiger partial charge on any atom is -0.396 e. The summed E-state index contributed by atoms with van der Waals surface area (Å²) in [4.78, 5) is 29.0. The summed E-state index contributed by atoms with van der Waals surface area (Å²) in [6.07, 6.45) is 1.86. The van der Waals surface area contributed by atoms with Crippen LogP contribution in [0.15, 0.2) is 5.38 Å². The fourth-order valence-corrected chi connectivity index (χ4v) is 2.87. The molecule has 1 atom stereocenters. The third kappa shape index (κ3) is 3.51. The van der Waals surface area contributed by atoms with E-state index in [1.165, 1.54) is 18.3 Å². The number of thiazole rings is 1. The maximum absolute atomic E-state index is 12.2. The van der Waals surface area contributed by atoms with E-state index in [0.717, 1.165) is 12.8 Å². The van der Waals surface area contributed by atoms with Crippen LogP contribution in [0.2, 0.25) is 0 Å². The Hall–Kier alpha value is -1.47. The second-order valence-corrected chi connectivity index (χ2v) is 5.52. The van der Waals surface area contributed by atoms with Crippen molar-refractivity contribution in [1.82, 2.24) is 9.88 Å². The number of anilines is 1. The number of piperidine rings is 1. The summed E-state index contributed by atoms with van der Waals surface area (Å²) in [5.74, 6) is -0.177. The molecule has 7 heteroatoms. The number of carbonyl (C=O) groups excluding carboxylic acids is 2. The maximum atomic E-state index is 12.2. The molecule has 2 rings (SSSR count). The third-order valence-electron chi connectivity index (χ3n) is 3.07. The lowest BCUT2D eigenvalue weighted by atomic mass is 9.99. The molecular formula is C12H17N3O3S. The van der Waals surface area contributed by atoms with Crippen LogP contribution in [-0.2, 0) is 4.79 Å². The first-order valence-electron chi connectivity index (χ1n) is 6.23. The molecule has 0 radical (unpaired) electrons. The van der Waals surface area contributed by atoms with Crippen LogP contribution in [-0.4, -0.2) is 46.5 Å². The third-order valence-corrected chi connectivity index (χ3v) is 3.83. The zero-order valence-electron chi connectivity index (χ0n) is 10.8. The Kier molecular flexibility index (Phi) is 4.49. The molecule has 0 aromatic carbocycles. The van der Waals surface area contributed by atoms with Crippen LogP contribution in [0.1, 0.15) is 30.3 Å². The van der Waals surface area contributed by atoms with E-state index < -0.39 is 0 Å². The Bertz CT molecular complexity index is 475. The summed E-state index contributed by atoms with van der Waals surface area (Å²) in [6.45, 7) is 2.78. The van der Waals surface area contributed by atoms with Crippen LogP contribution >= 0.6 is 11.3 Å². The van der Waals surface area contributed by atoms with Gasteiger partial charge in [-0.2, -0.15) is 0 Å². The van der Waals surface area contributed by atoms with Gasteiger partial charge in [0.15, 0.2) is 5.13 Å². The summed E-state index contributed by atoms with van der Waals surface area (Å²) in [6, 6.07) is 0. The quantitative estimate of drug-likeness (QED) is 0.865. The van der Waals surface area contributed by atoms with Crippen LogP contribution in [0.4, 0.5) is 5.13 Å². The first-order valence-corrected chi connectivity index (χ1v) is 7.11. The number of aliphatic hydroxyl groups is 1. The number of hydrogen-bond donors (Lipinski definition) is 2. The van der Waals surface area contributed by atoms with E-state index in [2.05, 4.69) is 10.3 Å². The Morgan fingerprint density at radius 2 is 2.42 bits per heavy atom. The van der Waals surface area contributed by atoms with Crippen molar-refractivity contribution in [2.45, 2.75) is 19.8 Å². The van der Waals surface area contributed by atoms with E-state index in [1.54, 1.807) is 10.3 Å². The fourth-order valence-electron chi connectivity index (χ4n) is 2.14. The molecule has 2 heterocycles.